The molecule has 82 valence electrons. The Hall–Kier alpha value is -1.31. The maximum atomic E-state index is 11.3. The summed E-state index contributed by atoms with van der Waals surface area (Å²) in [6.07, 6.45) is 1.53. The number of carbonyl (C=O) groups is 1. The molecule has 0 spiro atoms. The van der Waals surface area contributed by atoms with Gasteiger partial charge in [0.15, 0.2) is 0 Å². The van der Waals surface area contributed by atoms with Crippen LogP contribution in [-0.4, -0.2) is 12.5 Å². The Bertz CT molecular complexity index is 293. The Balaban J connectivity index is 2.19. The summed E-state index contributed by atoms with van der Waals surface area (Å²) in [5.41, 5.74) is 1.27. The van der Waals surface area contributed by atoms with Crippen molar-refractivity contribution in [1.29, 1.82) is 0 Å². The highest BCUT2D eigenvalue weighted by Crippen LogP contribution is 2.00. The summed E-state index contributed by atoms with van der Waals surface area (Å²) in [5, 5.41) is 2.92. The second-order valence-electron chi connectivity index (χ2n) is 4.18. The van der Waals surface area contributed by atoms with Crippen molar-refractivity contribution in [1.82, 2.24) is 5.32 Å². The second-order valence-corrected chi connectivity index (χ2v) is 4.18. The zero-order valence-corrected chi connectivity index (χ0v) is 9.49. The lowest BCUT2D eigenvalue weighted by molar-refractivity contribution is -0.121. The van der Waals surface area contributed by atoms with E-state index in [1.165, 1.54) is 5.56 Å². The Morgan fingerprint density at radius 3 is 2.53 bits per heavy atom. The molecule has 0 aliphatic carbocycles. The van der Waals surface area contributed by atoms with Crippen molar-refractivity contribution >= 4 is 5.91 Å². The van der Waals surface area contributed by atoms with Gasteiger partial charge in [-0.1, -0.05) is 44.2 Å². The van der Waals surface area contributed by atoms with Gasteiger partial charge in [-0.2, -0.15) is 0 Å². The van der Waals surface area contributed by atoms with Gasteiger partial charge in [0.25, 0.3) is 0 Å². The summed E-state index contributed by atoms with van der Waals surface area (Å²) < 4.78 is 0. The lowest BCUT2D eigenvalue weighted by Gasteiger charge is -2.06. The fraction of sp³-hybridized carbons (Fsp3) is 0.462. The molecule has 0 unspecified atom stereocenters. The Morgan fingerprint density at radius 1 is 1.27 bits per heavy atom. The summed E-state index contributed by atoms with van der Waals surface area (Å²) in [7, 11) is 0. The zero-order chi connectivity index (χ0) is 11.1. The minimum atomic E-state index is 0.154. The average Bonchev–Trinajstić information content (AvgIpc) is 2.18. The molecule has 0 aliphatic heterocycles. The molecule has 0 bridgehead atoms. The topological polar surface area (TPSA) is 29.1 Å². The molecule has 0 radical (unpaired) electrons. The Labute approximate surface area is 91.7 Å². The largest absolute Gasteiger partial charge is 0.356 e. The van der Waals surface area contributed by atoms with Crippen molar-refractivity contribution < 1.29 is 4.79 Å². The van der Waals surface area contributed by atoms with Crippen molar-refractivity contribution in [2.75, 3.05) is 6.54 Å². The van der Waals surface area contributed by atoms with E-state index >= 15 is 0 Å². The molecule has 1 aromatic rings. The van der Waals surface area contributed by atoms with E-state index in [1.807, 2.05) is 18.2 Å². The minimum Gasteiger partial charge on any atom is -0.356 e. The predicted octanol–water partition coefficient (Wildman–Crippen LogP) is 2.39. The van der Waals surface area contributed by atoms with Crippen LogP contribution in [0.15, 0.2) is 30.3 Å². The van der Waals surface area contributed by atoms with E-state index in [0.717, 1.165) is 13.0 Å². The summed E-state index contributed by atoms with van der Waals surface area (Å²) in [5.74, 6) is 0.586. The van der Waals surface area contributed by atoms with Crippen LogP contribution in [0.5, 0.6) is 0 Å². The maximum absolute atomic E-state index is 11.3. The number of nitrogens with one attached hydrogen (secondary N) is 1. The number of rotatable bonds is 5. The molecule has 0 saturated heterocycles. The molecule has 1 aromatic carbocycles. The zero-order valence-electron chi connectivity index (χ0n) is 9.49. The molecule has 2 heteroatoms. The van der Waals surface area contributed by atoms with Gasteiger partial charge in [0.05, 0.1) is 0 Å². The summed E-state index contributed by atoms with van der Waals surface area (Å²) in [6, 6.07) is 10.2. The van der Waals surface area contributed by atoms with Crippen molar-refractivity contribution in [3.05, 3.63) is 35.9 Å². The number of carbonyl (C=O) groups excluding carboxylic acids is 1. The normalized spacial score (nSPS) is 10.3. The summed E-state index contributed by atoms with van der Waals surface area (Å²) >= 11 is 0. The van der Waals surface area contributed by atoms with Crippen LogP contribution >= 0.6 is 0 Å². The molecule has 0 aromatic heterocycles. The third kappa shape index (κ3) is 5.21. The van der Waals surface area contributed by atoms with E-state index in [2.05, 4.69) is 31.3 Å². The highest BCUT2D eigenvalue weighted by molar-refractivity contribution is 5.76. The van der Waals surface area contributed by atoms with Gasteiger partial charge in [-0.3, -0.25) is 4.79 Å². The van der Waals surface area contributed by atoms with E-state index in [9.17, 15) is 4.79 Å². The molecule has 0 aliphatic rings. The molecule has 0 heterocycles. The van der Waals surface area contributed by atoms with Gasteiger partial charge < -0.3 is 5.32 Å². The first kappa shape index (κ1) is 11.8. The Kier molecular flexibility index (Phi) is 4.88. The summed E-state index contributed by atoms with van der Waals surface area (Å²) in [4.78, 5) is 11.3. The molecule has 0 saturated carbocycles. The van der Waals surface area contributed by atoms with Crippen molar-refractivity contribution in [3.8, 4) is 0 Å². The third-order valence-corrected chi connectivity index (χ3v) is 2.17. The molecular weight excluding hydrogens is 186 g/mol. The smallest absolute Gasteiger partial charge is 0.220 e. The van der Waals surface area contributed by atoms with Crippen LogP contribution in [0.4, 0.5) is 0 Å². The van der Waals surface area contributed by atoms with Crippen molar-refractivity contribution in [2.45, 2.75) is 26.7 Å². The lowest BCUT2D eigenvalue weighted by atomic mass is 10.1. The van der Waals surface area contributed by atoms with E-state index in [0.29, 0.717) is 12.3 Å². The van der Waals surface area contributed by atoms with Gasteiger partial charge in [0.1, 0.15) is 0 Å². The average molecular weight is 205 g/mol. The van der Waals surface area contributed by atoms with Crippen molar-refractivity contribution in [2.24, 2.45) is 5.92 Å². The van der Waals surface area contributed by atoms with Crippen LogP contribution in [0.1, 0.15) is 25.8 Å². The Morgan fingerprint density at radius 2 is 1.93 bits per heavy atom. The monoisotopic (exact) mass is 205 g/mol. The molecule has 1 N–H and O–H groups in total. The first-order valence-corrected chi connectivity index (χ1v) is 5.49. The maximum Gasteiger partial charge on any atom is 0.220 e. The van der Waals surface area contributed by atoms with Crippen molar-refractivity contribution in [3.63, 3.8) is 0 Å². The molecule has 1 rings (SSSR count). The lowest BCUT2D eigenvalue weighted by Crippen LogP contribution is -2.26. The van der Waals surface area contributed by atoms with E-state index in [-0.39, 0.29) is 5.91 Å². The van der Waals surface area contributed by atoms with E-state index < -0.39 is 0 Å². The number of hydrogen-bond acceptors (Lipinski definition) is 1. The van der Waals surface area contributed by atoms with Gasteiger partial charge in [-0.25, -0.2) is 0 Å². The highest BCUT2D eigenvalue weighted by atomic mass is 16.1. The standard InChI is InChI=1S/C13H19NO/c1-11(2)10-13(15)14-9-8-12-6-4-3-5-7-12/h3-7,11H,8-10H2,1-2H3,(H,14,15). The van der Waals surface area contributed by atoms with Crippen LogP contribution in [-0.2, 0) is 11.2 Å². The van der Waals surface area contributed by atoms with Crippen LogP contribution in [0.25, 0.3) is 0 Å². The first-order valence-electron chi connectivity index (χ1n) is 5.49. The van der Waals surface area contributed by atoms with Crippen LogP contribution in [0, 0.1) is 5.92 Å². The molecule has 2 nitrogen and oxygen atoms in total. The first-order chi connectivity index (χ1) is 7.18. The van der Waals surface area contributed by atoms with Crippen LogP contribution in [0.2, 0.25) is 0 Å². The van der Waals surface area contributed by atoms with Gasteiger partial charge >= 0.3 is 0 Å². The molecule has 0 atom stereocenters. The number of benzene rings is 1. The van der Waals surface area contributed by atoms with Gasteiger partial charge in [0.2, 0.25) is 5.91 Å². The minimum absolute atomic E-state index is 0.154. The van der Waals surface area contributed by atoms with Gasteiger partial charge in [0, 0.05) is 13.0 Å². The highest BCUT2D eigenvalue weighted by Gasteiger charge is 2.03. The SMILES string of the molecule is CC(C)CC(=O)NCCc1ccccc1. The quantitative estimate of drug-likeness (QED) is 0.785. The molecule has 0 fully saturated rings. The fourth-order valence-corrected chi connectivity index (χ4v) is 1.43. The molecule has 1 amide bonds. The van der Waals surface area contributed by atoms with Crippen LogP contribution < -0.4 is 5.32 Å². The fourth-order valence-electron chi connectivity index (χ4n) is 1.43. The molecular formula is C13H19NO. The second kappa shape index (κ2) is 6.23. The van der Waals surface area contributed by atoms with Gasteiger partial charge in [-0.15, -0.1) is 0 Å². The van der Waals surface area contributed by atoms with E-state index in [1.54, 1.807) is 0 Å². The summed E-state index contributed by atoms with van der Waals surface area (Å²) in [6.45, 7) is 4.84. The third-order valence-electron chi connectivity index (χ3n) is 2.17. The van der Waals surface area contributed by atoms with E-state index in [4.69, 9.17) is 0 Å². The van der Waals surface area contributed by atoms with Gasteiger partial charge in [-0.05, 0) is 17.9 Å². The van der Waals surface area contributed by atoms with Crippen LogP contribution in [0.3, 0.4) is 0 Å². The predicted molar refractivity (Wildman–Crippen MR) is 62.6 cm³/mol. The number of amides is 1. The number of hydrogen-bond donors (Lipinski definition) is 1. The molecule has 15 heavy (non-hydrogen) atoms.